The van der Waals surface area contributed by atoms with Crippen molar-refractivity contribution in [2.75, 3.05) is 23.6 Å². The van der Waals surface area contributed by atoms with Crippen molar-refractivity contribution in [2.24, 2.45) is 4.99 Å². The largest absolute Gasteiger partial charge is 0.454 e. The van der Waals surface area contributed by atoms with E-state index in [1.165, 1.54) is 0 Å². The number of aromatic nitrogens is 2. The summed E-state index contributed by atoms with van der Waals surface area (Å²) >= 11 is 6.05. The minimum absolute atomic E-state index is 0.0864. The summed E-state index contributed by atoms with van der Waals surface area (Å²) in [5, 5.41) is 4.07. The van der Waals surface area contributed by atoms with Gasteiger partial charge in [0.1, 0.15) is 5.69 Å². The Kier molecular flexibility index (Phi) is 4.13. The van der Waals surface area contributed by atoms with Crippen LogP contribution in [-0.2, 0) is 0 Å². The highest BCUT2D eigenvalue weighted by Crippen LogP contribution is 2.40. The van der Waals surface area contributed by atoms with Crippen molar-refractivity contribution in [1.82, 2.24) is 9.97 Å². The molecule has 0 spiro atoms. The van der Waals surface area contributed by atoms with Crippen molar-refractivity contribution in [1.29, 1.82) is 0 Å². The fraction of sp³-hybridized carbons (Fsp3) is 0.150. The fourth-order valence-corrected chi connectivity index (χ4v) is 3.57. The molecule has 5 N–H and O–H groups in total. The fourth-order valence-electron chi connectivity index (χ4n) is 3.45. The van der Waals surface area contributed by atoms with Crippen molar-refractivity contribution < 1.29 is 9.47 Å². The second-order valence-corrected chi connectivity index (χ2v) is 7.18. The molecule has 0 saturated carbocycles. The minimum Gasteiger partial charge on any atom is -0.454 e. The van der Waals surface area contributed by atoms with Gasteiger partial charge in [-0.2, -0.15) is 9.97 Å². The smallest absolute Gasteiger partial charge is 0.231 e. The van der Waals surface area contributed by atoms with Gasteiger partial charge in [0.2, 0.25) is 12.7 Å². The van der Waals surface area contributed by atoms with Crippen LogP contribution in [0, 0.1) is 0 Å². The number of ether oxygens (including phenoxy) is 2. The molecule has 0 aliphatic carbocycles. The molecule has 0 fully saturated rings. The van der Waals surface area contributed by atoms with E-state index in [0.29, 0.717) is 28.7 Å². The van der Waals surface area contributed by atoms with Crippen LogP contribution in [0.2, 0.25) is 5.02 Å². The van der Waals surface area contributed by atoms with Gasteiger partial charge < -0.3 is 26.3 Å². The molecule has 5 rings (SSSR count). The third-order valence-electron chi connectivity index (χ3n) is 4.86. The second kappa shape index (κ2) is 6.82. The zero-order chi connectivity index (χ0) is 20.0. The summed E-state index contributed by atoms with van der Waals surface area (Å²) in [5.41, 5.74) is 15.1. The van der Waals surface area contributed by atoms with Crippen LogP contribution in [0.1, 0.15) is 23.6 Å². The maximum absolute atomic E-state index is 6.10. The number of nitrogen functional groups attached to an aromatic ring is 2. The maximum atomic E-state index is 6.10. The van der Waals surface area contributed by atoms with E-state index in [4.69, 9.17) is 37.5 Å². The Morgan fingerprint density at radius 1 is 1.00 bits per heavy atom. The third kappa shape index (κ3) is 3.27. The van der Waals surface area contributed by atoms with Gasteiger partial charge in [0, 0.05) is 11.4 Å². The molecular formula is C20H17ClN6O2. The maximum Gasteiger partial charge on any atom is 0.231 e. The second-order valence-electron chi connectivity index (χ2n) is 6.74. The van der Waals surface area contributed by atoms with E-state index in [1.807, 2.05) is 42.5 Å². The number of nitrogens with two attached hydrogens (primary N) is 2. The number of halogens is 1. The standard InChI is InChI=1S/C20H17ClN6O2/c21-12-4-1-10(2-5-12)13-8-14(11-3-6-15-16(7-11)29-9-28-15)25-19-17(24-13)18(22)26-20(23)27-19/h1-7,14H,8-9H2,(H5,22,23,25,26,27). The number of hydrogen-bond donors (Lipinski definition) is 3. The molecule has 29 heavy (non-hydrogen) atoms. The topological polar surface area (TPSA) is 121 Å². The zero-order valence-electron chi connectivity index (χ0n) is 15.2. The third-order valence-corrected chi connectivity index (χ3v) is 5.11. The number of nitrogens with one attached hydrogen (secondary N) is 1. The first-order chi connectivity index (χ1) is 14.1. The molecule has 1 unspecified atom stereocenters. The van der Waals surface area contributed by atoms with Crippen LogP contribution < -0.4 is 26.3 Å². The van der Waals surface area contributed by atoms with E-state index in [1.54, 1.807) is 0 Å². The summed E-state index contributed by atoms with van der Waals surface area (Å²) in [6.07, 6.45) is 0.580. The van der Waals surface area contributed by atoms with Gasteiger partial charge in [0.05, 0.1) is 11.8 Å². The van der Waals surface area contributed by atoms with Crippen molar-refractivity contribution >= 4 is 40.6 Å². The molecule has 146 valence electrons. The molecule has 2 aliphatic rings. The Bertz CT molecular complexity index is 1130. The lowest BCUT2D eigenvalue weighted by molar-refractivity contribution is 0.174. The van der Waals surface area contributed by atoms with Crippen LogP contribution in [0.25, 0.3) is 0 Å². The van der Waals surface area contributed by atoms with Gasteiger partial charge >= 0.3 is 0 Å². The number of fused-ring (bicyclic) bond motifs is 2. The Labute approximate surface area is 171 Å². The Morgan fingerprint density at radius 3 is 2.62 bits per heavy atom. The Morgan fingerprint density at radius 2 is 1.79 bits per heavy atom. The van der Waals surface area contributed by atoms with Gasteiger partial charge in [0.25, 0.3) is 0 Å². The quantitative estimate of drug-likeness (QED) is 0.591. The van der Waals surface area contributed by atoms with Crippen LogP contribution in [0.5, 0.6) is 11.5 Å². The highest BCUT2D eigenvalue weighted by atomic mass is 35.5. The summed E-state index contributed by atoms with van der Waals surface area (Å²) in [6.45, 7) is 0.220. The number of nitrogens with zero attached hydrogens (tertiary/aromatic N) is 3. The number of anilines is 3. The zero-order valence-corrected chi connectivity index (χ0v) is 16.0. The van der Waals surface area contributed by atoms with E-state index >= 15 is 0 Å². The summed E-state index contributed by atoms with van der Waals surface area (Å²) in [5.74, 6) is 2.23. The van der Waals surface area contributed by atoms with E-state index in [-0.39, 0.29) is 24.6 Å². The number of aliphatic imine (C=N–C) groups is 1. The van der Waals surface area contributed by atoms with Crippen LogP contribution in [-0.4, -0.2) is 22.5 Å². The summed E-state index contributed by atoms with van der Waals surface area (Å²) in [7, 11) is 0. The first-order valence-corrected chi connectivity index (χ1v) is 9.37. The van der Waals surface area contributed by atoms with E-state index in [9.17, 15) is 0 Å². The predicted octanol–water partition coefficient (Wildman–Crippen LogP) is 3.70. The van der Waals surface area contributed by atoms with Crippen LogP contribution in [0.15, 0.2) is 47.5 Å². The van der Waals surface area contributed by atoms with Crippen LogP contribution >= 0.6 is 11.6 Å². The summed E-state index contributed by atoms with van der Waals surface area (Å²) in [6, 6.07) is 13.2. The molecule has 1 atom stereocenters. The molecule has 0 saturated heterocycles. The molecule has 2 aromatic carbocycles. The van der Waals surface area contributed by atoms with Gasteiger partial charge in [-0.05, 0) is 35.4 Å². The van der Waals surface area contributed by atoms with E-state index in [0.717, 1.165) is 22.6 Å². The van der Waals surface area contributed by atoms with Crippen molar-refractivity contribution in [3.63, 3.8) is 0 Å². The normalized spacial score (nSPS) is 17.1. The number of rotatable bonds is 2. The molecule has 0 bridgehead atoms. The monoisotopic (exact) mass is 408 g/mol. The van der Waals surface area contributed by atoms with E-state index in [2.05, 4.69) is 15.3 Å². The average Bonchev–Trinajstić information content (AvgIpc) is 3.08. The summed E-state index contributed by atoms with van der Waals surface area (Å²) < 4.78 is 11.0. The van der Waals surface area contributed by atoms with Crippen molar-refractivity contribution in [3.8, 4) is 11.5 Å². The van der Waals surface area contributed by atoms with E-state index < -0.39 is 0 Å². The lowest BCUT2D eigenvalue weighted by atomic mass is 9.97. The number of hydrogen-bond acceptors (Lipinski definition) is 8. The lowest BCUT2D eigenvalue weighted by Crippen LogP contribution is -2.15. The highest BCUT2D eigenvalue weighted by Gasteiger charge is 2.26. The van der Waals surface area contributed by atoms with Gasteiger partial charge in [-0.1, -0.05) is 29.8 Å². The molecule has 2 aliphatic heterocycles. The number of benzene rings is 2. The Balaban J connectivity index is 1.62. The van der Waals surface area contributed by atoms with Crippen molar-refractivity contribution in [2.45, 2.75) is 12.5 Å². The van der Waals surface area contributed by atoms with Gasteiger partial charge in [-0.25, -0.2) is 4.99 Å². The van der Waals surface area contributed by atoms with Gasteiger partial charge in [-0.15, -0.1) is 0 Å². The lowest BCUT2D eigenvalue weighted by Gasteiger charge is -2.19. The SMILES string of the molecule is Nc1nc(N)c2c(n1)NC(c1ccc3c(c1)OCO3)CC(c1ccc(Cl)cc1)=N2. The molecular weight excluding hydrogens is 392 g/mol. The molecule has 0 radical (unpaired) electrons. The molecule has 3 aromatic rings. The predicted molar refractivity (Wildman–Crippen MR) is 112 cm³/mol. The highest BCUT2D eigenvalue weighted by molar-refractivity contribution is 6.30. The van der Waals surface area contributed by atoms with Crippen LogP contribution in [0.3, 0.4) is 0 Å². The Hall–Kier alpha value is -3.52. The van der Waals surface area contributed by atoms with Gasteiger partial charge in [-0.3, -0.25) is 0 Å². The molecule has 8 nitrogen and oxygen atoms in total. The van der Waals surface area contributed by atoms with Gasteiger partial charge in [0.15, 0.2) is 23.1 Å². The molecule has 9 heteroatoms. The average molecular weight is 409 g/mol. The summed E-state index contributed by atoms with van der Waals surface area (Å²) in [4.78, 5) is 13.1. The molecule has 1 aromatic heterocycles. The van der Waals surface area contributed by atoms with Crippen LogP contribution in [0.4, 0.5) is 23.3 Å². The first kappa shape index (κ1) is 17.6. The van der Waals surface area contributed by atoms with Crippen molar-refractivity contribution in [3.05, 3.63) is 58.6 Å². The minimum atomic E-state index is -0.145. The molecule has 3 heterocycles. The first-order valence-electron chi connectivity index (χ1n) is 8.99. The molecule has 0 amide bonds.